The number of piperazine rings is 1. The minimum absolute atomic E-state index is 0.0203. The number of anilines is 2. The van der Waals surface area contributed by atoms with Crippen molar-refractivity contribution in [2.24, 2.45) is 0 Å². The Hall–Kier alpha value is -3.27. The fourth-order valence-electron chi connectivity index (χ4n) is 4.47. The summed E-state index contributed by atoms with van der Waals surface area (Å²) in [7, 11) is 1.53. The SMILES string of the molecule is COCc1ccc([C@@H](C)Nc2nc(N3CCN(C(C)=O)CC3)nc3c2CN(C(C)C)C3=O)cc1F. The molecule has 9 nitrogen and oxygen atoms in total. The van der Waals surface area contributed by atoms with Crippen molar-refractivity contribution in [2.45, 2.75) is 52.9 Å². The molecule has 0 saturated carbocycles. The van der Waals surface area contributed by atoms with Gasteiger partial charge in [-0.3, -0.25) is 9.59 Å². The highest BCUT2D eigenvalue weighted by Crippen LogP contribution is 2.32. The molecule has 2 amide bonds. The summed E-state index contributed by atoms with van der Waals surface area (Å²) < 4.78 is 19.6. The molecule has 0 radical (unpaired) electrons. The number of carbonyl (C=O) groups is 2. The number of nitrogens with zero attached hydrogens (tertiary/aromatic N) is 5. The molecule has 188 valence electrons. The van der Waals surface area contributed by atoms with Gasteiger partial charge in [0, 0.05) is 57.4 Å². The van der Waals surface area contributed by atoms with Gasteiger partial charge in [0.25, 0.3) is 5.91 Å². The Kier molecular flexibility index (Phi) is 7.20. The highest BCUT2D eigenvalue weighted by molar-refractivity contribution is 5.98. The highest BCUT2D eigenvalue weighted by Gasteiger charge is 2.35. The van der Waals surface area contributed by atoms with Gasteiger partial charge in [-0.15, -0.1) is 0 Å². The van der Waals surface area contributed by atoms with Gasteiger partial charge in [0.05, 0.1) is 19.2 Å². The van der Waals surface area contributed by atoms with Gasteiger partial charge in [0.1, 0.15) is 17.3 Å². The first-order chi connectivity index (χ1) is 16.7. The largest absolute Gasteiger partial charge is 0.380 e. The van der Waals surface area contributed by atoms with E-state index in [1.807, 2.05) is 31.7 Å². The van der Waals surface area contributed by atoms with Gasteiger partial charge in [0.2, 0.25) is 11.9 Å². The van der Waals surface area contributed by atoms with Gasteiger partial charge in [0.15, 0.2) is 0 Å². The van der Waals surface area contributed by atoms with Crippen LogP contribution in [0.1, 0.15) is 60.9 Å². The van der Waals surface area contributed by atoms with Crippen molar-refractivity contribution in [3.63, 3.8) is 0 Å². The van der Waals surface area contributed by atoms with Gasteiger partial charge in [-0.05, 0) is 32.4 Å². The number of amides is 2. The average Bonchev–Trinajstić information content (AvgIpc) is 3.17. The molecule has 1 N–H and O–H groups in total. The standard InChI is InChI=1S/C25H33FN6O3/c1-15(2)32-13-20-22(24(32)34)28-25(31-10-8-30(9-11-31)17(4)33)29-23(20)27-16(3)18-6-7-19(14-35-5)21(26)12-18/h6-7,12,15-16H,8-11,13-14H2,1-5H3,(H,27,28,29)/t16-/m1/s1. The summed E-state index contributed by atoms with van der Waals surface area (Å²) in [6.07, 6.45) is 0. The molecular weight excluding hydrogens is 451 g/mol. The quantitative estimate of drug-likeness (QED) is 0.646. The molecule has 10 heteroatoms. The van der Waals surface area contributed by atoms with Gasteiger partial charge in [-0.2, -0.15) is 4.98 Å². The van der Waals surface area contributed by atoms with Gasteiger partial charge in [-0.1, -0.05) is 12.1 Å². The topological polar surface area (TPSA) is 90.9 Å². The van der Waals surface area contributed by atoms with Crippen LogP contribution < -0.4 is 10.2 Å². The number of carbonyl (C=O) groups excluding carboxylic acids is 2. The highest BCUT2D eigenvalue weighted by atomic mass is 19.1. The minimum Gasteiger partial charge on any atom is -0.380 e. The third-order valence-electron chi connectivity index (χ3n) is 6.65. The first-order valence-corrected chi connectivity index (χ1v) is 12.0. The van der Waals surface area contributed by atoms with E-state index in [0.29, 0.717) is 55.7 Å². The molecule has 35 heavy (non-hydrogen) atoms. The molecule has 2 aliphatic heterocycles. The van der Waals surface area contributed by atoms with Crippen LogP contribution in [0.15, 0.2) is 18.2 Å². The molecule has 3 heterocycles. The van der Waals surface area contributed by atoms with Crippen LogP contribution in [-0.2, 0) is 22.7 Å². The number of hydrogen-bond donors (Lipinski definition) is 1. The van der Waals surface area contributed by atoms with Crippen LogP contribution in [0.25, 0.3) is 0 Å². The van der Waals surface area contributed by atoms with Crippen molar-refractivity contribution < 1.29 is 18.7 Å². The summed E-state index contributed by atoms with van der Waals surface area (Å²) in [6, 6.07) is 4.85. The van der Waals surface area contributed by atoms with E-state index in [1.165, 1.54) is 13.2 Å². The smallest absolute Gasteiger partial charge is 0.273 e. The third-order valence-corrected chi connectivity index (χ3v) is 6.65. The second-order valence-electron chi connectivity index (χ2n) is 9.37. The maximum atomic E-state index is 14.5. The van der Waals surface area contributed by atoms with Gasteiger partial charge < -0.3 is 24.8 Å². The number of methoxy groups -OCH3 is 1. The van der Waals surface area contributed by atoms with E-state index in [0.717, 1.165) is 11.1 Å². The van der Waals surface area contributed by atoms with Crippen LogP contribution in [0.5, 0.6) is 0 Å². The van der Waals surface area contributed by atoms with E-state index in [9.17, 15) is 14.0 Å². The van der Waals surface area contributed by atoms with E-state index in [-0.39, 0.29) is 36.3 Å². The second kappa shape index (κ2) is 10.2. The van der Waals surface area contributed by atoms with Gasteiger partial charge >= 0.3 is 0 Å². The van der Waals surface area contributed by atoms with Gasteiger partial charge in [-0.25, -0.2) is 9.37 Å². The normalized spacial score (nSPS) is 16.7. The van der Waals surface area contributed by atoms with E-state index in [2.05, 4.69) is 10.3 Å². The lowest BCUT2D eigenvalue weighted by Gasteiger charge is -2.34. The zero-order valence-corrected chi connectivity index (χ0v) is 21.0. The van der Waals surface area contributed by atoms with E-state index < -0.39 is 0 Å². The Labute approximate surface area is 205 Å². The zero-order valence-electron chi connectivity index (χ0n) is 21.0. The third kappa shape index (κ3) is 5.07. The van der Waals surface area contributed by atoms with E-state index >= 15 is 0 Å². The molecule has 1 aromatic heterocycles. The van der Waals surface area contributed by atoms with Crippen LogP contribution in [0.4, 0.5) is 16.2 Å². The molecule has 1 aromatic carbocycles. The monoisotopic (exact) mass is 484 g/mol. The first kappa shape index (κ1) is 24.8. The summed E-state index contributed by atoms with van der Waals surface area (Å²) in [6.45, 7) is 10.4. The maximum absolute atomic E-state index is 14.5. The lowest BCUT2D eigenvalue weighted by molar-refractivity contribution is -0.129. The van der Waals surface area contributed by atoms with Crippen molar-refractivity contribution in [2.75, 3.05) is 43.5 Å². The predicted molar refractivity (Wildman–Crippen MR) is 131 cm³/mol. The Balaban J connectivity index is 1.64. The molecule has 2 aromatic rings. The molecular formula is C25H33FN6O3. The summed E-state index contributed by atoms with van der Waals surface area (Å²) in [5.74, 6) is 0.636. The Morgan fingerprint density at radius 3 is 2.49 bits per heavy atom. The molecule has 0 unspecified atom stereocenters. The zero-order chi connectivity index (χ0) is 25.3. The van der Waals surface area contributed by atoms with Crippen molar-refractivity contribution in [1.29, 1.82) is 0 Å². The Bertz CT molecular complexity index is 1120. The molecule has 1 saturated heterocycles. The number of hydrogen-bond acceptors (Lipinski definition) is 7. The number of aromatic nitrogens is 2. The van der Waals surface area contributed by atoms with Crippen molar-refractivity contribution in [1.82, 2.24) is 19.8 Å². The van der Waals surface area contributed by atoms with E-state index in [4.69, 9.17) is 9.72 Å². The molecule has 0 bridgehead atoms. The lowest BCUT2D eigenvalue weighted by Crippen LogP contribution is -2.48. The van der Waals surface area contributed by atoms with Crippen molar-refractivity contribution in [3.05, 3.63) is 46.4 Å². The number of benzene rings is 1. The summed E-state index contributed by atoms with van der Waals surface area (Å²) >= 11 is 0. The van der Waals surface area contributed by atoms with Crippen LogP contribution in [0.3, 0.4) is 0 Å². The predicted octanol–water partition coefficient (Wildman–Crippen LogP) is 2.97. The second-order valence-corrected chi connectivity index (χ2v) is 9.37. The molecule has 0 spiro atoms. The molecule has 1 atom stereocenters. The number of fused-ring (bicyclic) bond motifs is 1. The van der Waals surface area contributed by atoms with Crippen molar-refractivity contribution in [3.8, 4) is 0 Å². The first-order valence-electron chi connectivity index (χ1n) is 12.0. The van der Waals surface area contributed by atoms with Crippen LogP contribution >= 0.6 is 0 Å². The van der Waals surface area contributed by atoms with Crippen LogP contribution in [0.2, 0.25) is 0 Å². The summed E-state index contributed by atoms with van der Waals surface area (Å²) in [5.41, 5.74) is 2.40. The number of halogens is 1. The van der Waals surface area contributed by atoms with Crippen LogP contribution in [-0.4, -0.2) is 70.9 Å². The Morgan fingerprint density at radius 2 is 1.89 bits per heavy atom. The fourth-order valence-corrected chi connectivity index (χ4v) is 4.47. The van der Waals surface area contributed by atoms with Crippen LogP contribution in [0, 0.1) is 5.82 Å². The Morgan fingerprint density at radius 1 is 1.17 bits per heavy atom. The molecule has 1 fully saturated rings. The number of nitrogens with one attached hydrogen (secondary N) is 1. The van der Waals surface area contributed by atoms with Crippen molar-refractivity contribution >= 4 is 23.6 Å². The summed E-state index contributed by atoms with van der Waals surface area (Å²) in [5, 5.41) is 3.40. The summed E-state index contributed by atoms with van der Waals surface area (Å²) in [4.78, 5) is 39.9. The molecule has 0 aliphatic carbocycles. The minimum atomic E-state index is -0.323. The maximum Gasteiger partial charge on any atom is 0.273 e. The molecule has 4 rings (SSSR count). The van der Waals surface area contributed by atoms with E-state index in [1.54, 1.807) is 22.8 Å². The molecule has 2 aliphatic rings. The average molecular weight is 485 g/mol. The number of ether oxygens (including phenoxy) is 1. The lowest BCUT2D eigenvalue weighted by atomic mass is 10.1. The fraction of sp³-hybridized carbons (Fsp3) is 0.520. The number of rotatable bonds is 7.